The number of likely N-dealkylation sites (tertiary alicyclic amines) is 1. The van der Waals surface area contributed by atoms with E-state index >= 15 is 4.39 Å². The van der Waals surface area contributed by atoms with Crippen molar-refractivity contribution < 1.29 is 36.5 Å². The van der Waals surface area contributed by atoms with Crippen LogP contribution in [0, 0.1) is 35.3 Å². The number of terminal acetylenes is 1. The molecule has 2 N–H and O–H groups in total. The molecule has 2 aromatic heterocycles. The standard InChI is InChI=1S/C37H37F5N6O3/c1-3-25-27(38)7-4-20-14-24(49)15-26(28(20)25)31-30(39)32-29(34(44-31)50-2)33(48-16-22-5-6-23(17-48)43-22)46-35(45-32)51-19-36(10-11-36)18-47-12-8-21(9-13-47)37(40,41)42/h1,4,7,14-15,21-23,43,49H,5-6,8-13,16-19H2,2H3. The van der Waals surface area contributed by atoms with Crippen molar-refractivity contribution >= 4 is 27.5 Å². The lowest BCUT2D eigenvalue weighted by Crippen LogP contribution is -2.51. The minimum atomic E-state index is -4.18. The highest BCUT2D eigenvalue weighted by molar-refractivity contribution is 6.04. The normalized spacial score (nSPS) is 22.0. The minimum Gasteiger partial charge on any atom is -0.508 e. The molecule has 1 saturated carbocycles. The van der Waals surface area contributed by atoms with Crippen molar-refractivity contribution in [2.45, 2.75) is 56.8 Å². The van der Waals surface area contributed by atoms with Gasteiger partial charge in [0, 0.05) is 48.1 Å². The Kier molecular flexibility index (Phi) is 8.33. The predicted octanol–water partition coefficient (Wildman–Crippen LogP) is 6.19. The molecule has 1 aliphatic carbocycles. The number of phenolic OH excluding ortho intramolecular Hbond substituents is 1. The second kappa shape index (κ2) is 12.6. The molecule has 3 aliphatic heterocycles. The van der Waals surface area contributed by atoms with Gasteiger partial charge in [-0.2, -0.15) is 23.1 Å². The van der Waals surface area contributed by atoms with E-state index < -0.39 is 23.7 Å². The van der Waals surface area contributed by atoms with Gasteiger partial charge in [-0.3, -0.25) is 0 Å². The molecule has 268 valence electrons. The van der Waals surface area contributed by atoms with Gasteiger partial charge in [0.25, 0.3) is 0 Å². The smallest absolute Gasteiger partial charge is 0.391 e. The topological polar surface area (TPSA) is 95.9 Å². The van der Waals surface area contributed by atoms with Crippen LogP contribution in [0.2, 0.25) is 0 Å². The number of benzene rings is 2. The third-order valence-electron chi connectivity index (χ3n) is 10.9. The average Bonchev–Trinajstić information content (AvgIpc) is 3.80. The maximum absolute atomic E-state index is 17.1. The zero-order chi connectivity index (χ0) is 35.7. The number of hydrogen-bond acceptors (Lipinski definition) is 9. The zero-order valence-corrected chi connectivity index (χ0v) is 28.0. The van der Waals surface area contributed by atoms with E-state index in [9.17, 15) is 22.7 Å². The summed E-state index contributed by atoms with van der Waals surface area (Å²) in [5, 5.41) is 15.0. The predicted molar refractivity (Wildman–Crippen MR) is 181 cm³/mol. The molecule has 51 heavy (non-hydrogen) atoms. The number of nitrogens with zero attached hydrogens (tertiary/aromatic N) is 5. The first-order valence-corrected chi connectivity index (χ1v) is 17.3. The number of phenols is 1. The van der Waals surface area contributed by atoms with Gasteiger partial charge < -0.3 is 29.7 Å². The summed E-state index contributed by atoms with van der Waals surface area (Å²) in [6.45, 7) is 2.74. The van der Waals surface area contributed by atoms with Gasteiger partial charge in [0.15, 0.2) is 5.82 Å². The van der Waals surface area contributed by atoms with E-state index in [4.69, 9.17) is 20.9 Å². The third-order valence-corrected chi connectivity index (χ3v) is 10.9. The molecule has 14 heteroatoms. The van der Waals surface area contributed by atoms with Crippen LogP contribution in [0.1, 0.15) is 44.1 Å². The monoisotopic (exact) mass is 708 g/mol. The van der Waals surface area contributed by atoms with Crippen LogP contribution in [0.15, 0.2) is 24.3 Å². The SMILES string of the molecule is C#Cc1c(F)ccc2cc(O)cc(-c3nc(OC)c4c(N5CC6CCC(C5)N6)nc(OCC5(CN6CCC(C(F)(F)F)CC6)CC5)nc4c3F)c12. The molecule has 2 aromatic carbocycles. The van der Waals surface area contributed by atoms with Crippen LogP contribution in [0.5, 0.6) is 17.6 Å². The first-order valence-electron chi connectivity index (χ1n) is 17.3. The molecule has 9 nitrogen and oxygen atoms in total. The van der Waals surface area contributed by atoms with Gasteiger partial charge in [0.05, 0.1) is 25.2 Å². The second-order valence-corrected chi connectivity index (χ2v) is 14.4. The molecular formula is C37H37F5N6O3. The number of methoxy groups -OCH3 is 1. The van der Waals surface area contributed by atoms with Crippen molar-refractivity contribution in [3.63, 3.8) is 0 Å². The molecule has 2 bridgehead atoms. The number of pyridine rings is 1. The molecule has 2 unspecified atom stereocenters. The number of anilines is 1. The van der Waals surface area contributed by atoms with E-state index in [0.717, 1.165) is 25.7 Å². The minimum absolute atomic E-state index is 0.0323. The van der Waals surface area contributed by atoms with Gasteiger partial charge in [-0.1, -0.05) is 12.0 Å². The van der Waals surface area contributed by atoms with Gasteiger partial charge in [0.1, 0.15) is 34.0 Å². The highest BCUT2D eigenvalue weighted by Gasteiger charge is 2.47. The molecule has 2 atom stereocenters. The van der Waals surface area contributed by atoms with Crippen LogP contribution in [0.25, 0.3) is 32.9 Å². The number of nitrogens with one attached hydrogen (secondary N) is 1. The summed E-state index contributed by atoms with van der Waals surface area (Å²) in [5.74, 6) is -0.225. The number of piperazine rings is 1. The molecule has 0 spiro atoms. The Bertz CT molecular complexity index is 2050. The molecular weight excluding hydrogens is 671 g/mol. The Labute approximate surface area is 291 Å². The summed E-state index contributed by atoms with van der Waals surface area (Å²) in [5.41, 5.74) is -0.697. The fourth-order valence-electron chi connectivity index (χ4n) is 8.08. The fraction of sp³-hybridized carbons (Fsp3) is 0.486. The van der Waals surface area contributed by atoms with Crippen molar-refractivity contribution in [2.24, 2.45) is 11.3 Å². The van der Waals surface area contributed by atoms with Crippen LogP contribution in [0.4, 0.5) is 27.8 Å². The van der Waals surface area contributed by atoms with Crippen molar-refractivity contribution in [3.05, 3.63) is 41.5 Å². The van der Waals surface area contributed by atoms with Gasteiger partial charge in [-0.05, 0) is 75.2 Å². The first kappa shape index (κ1) is 33.7. The molecule has 5 heterocycles. The summed E-state index contributed by atoms with van der Waals surface area (Å²) >= 11 is 0. The number of ether oxygens (including phenoxy) is 2. The van der Waals surface area contributed by atoms with Gasteiger partial charge >= 0.3 is 12.2 Å². The number of alkyl halides is 3. The van der Waals surface area contributed by atoms with E-state index in [-0.39, 0.29) is 87.7 Å². The summed E-state index contributed by atoms with van der Waals surface area (Å²) in [6, 6.07) is 5.70. The Morgan fingerprint density at radius 1 is 1.02 bits per heavy atom. The van der Waals surface area contributed by atoms with Gasteiger partial charge in [0.2, 0.25) is 5.88 Å². The van der Waals surface area contributed by atoms with Crippen LogP contribution in [0.3, 0.4) is 0 Å². The van der Waals surface area contributed by atoms with E-state index in [1.807, 2.05) is 0 Å². The Morgan fingerprint density at radius 3 is 2.39 bits per heavy atom. The van der Waals surface area contributed by atoms with Gasteiger partial charge in [-0.25, -0.2) is 13.8 Å². The number of halogens is 5. The lowest BCUT2D eigenvalue weighted by atomic mass is 9.95. The number of hydrogen-bond donors (Lipinski definition) is 2. The van der Waals surface area contributed by atoms with Crippen LogP contribution in [-0.4, -0.2) is 89.7 Å². The molecule has 0 amide bonds. The number of aromatic hydroxyl groups is 1. The lowest BCUT2D eigenvalue weighted by molar-refractivity contribution is -0.185. The highest BCUT2D eigenvalue weighted by Crippen LogP contribution is 2.48. The number of aromatic nitrogens is 3. The van der Waals surface area contributed by atoms with E-state index in [0.29, 0.717) is 43.9 Å². The van der Waals surface area contributed by atoms with Crippen LogP contribution < -0.4 is 19.7 Å². The van der Waals surface area contributed by atoms with Crippen molar-refractivity contribution in [1.29, 1.82) is 0 Å². The lowest BCUT2D eigenvalue weighted by Gasteiger charge is -2.35. The van der Waals surface area contributed by atoms with E-state index in [1.165, 1.54) is 31.4 Å². The average molecular weight is 709 g/mol. The summed E-state index contributed by atoms with van der Waals surface area (Å²) < 4.78 is 83.8. The van der Waals surface area contributed by atoms with Gasteiger partial charge in [-0.15, -0.1) is 6.42 Å². The zero-order valence-electron chi connectivity index (χ0n) is 28.0. The molecule has 0 radical (unpaired) electrons. The maximum atomic E-state index is 17.1. The number of rotatable bonds is 8. The van der Waals surface area contributed by atoms with E-state index in [1.54, 1.807) is 0 Å². The van der Waals surface area contributed by atoms with Crippen molar-refractivity contribution in [3.8, 4) is 41.2 Å². The van der Waals surface area contributed by atoms with Crippen LogP contribution >= 0.6 is 0 Å². The third kappa shape index (κ3) is 6.24. The molecule has 8 rings (SSSR count). The quantitative estimate of drug-likeness (QED) is 0.164. The van der Waals surface area contributed by atoms with Crippen molar-refractivity contribution in [1.82, 2.24) is 25.2 Å². The Balaban J connectivity index is 1.19. The summed E-state index contributed by atoms with van der Waals surface area (Å²) in [7, 11) is 1.40. The highest BCUT2D eigenvalue weighted by atomic mass is 19.4. The molecule has 4 aromatic rings. The Morgan fingerprint density at radius 2 is 1.75 bits per heavy atom. The Hall–Kier alpha value is -4.48. The van der Waals surface area contributed by atoms with E-state index in [2.05, 4.69) is 31.0 Å². The van der Waals surface area contributed by atoms with Crippen molar-refractivity contribution in [2.75, 3.05) is 51.3 Å². The van der Waals surface area contributed by atoms with Crippen LogP contribution in [-0.2, 0) is 0 Å². The molecule has 4 fully saturated rings. The largest absolute Gasteiger partial charge is 0.508 e. The second-order valence-electron chi connectivity index (χ2n) is 14.4. The first-order chi connectivity index (χ1) is 24.4. The molecule has 4 aliphatic rings. The fourth-order valence-corrected chi connectivity index (χ4v) is 8.08. The number of piperidine rings is 1. The number of fused-ring (bicyclic) bond motifs is 4. The summed E-state index contributed by atoms with van der Waals surface area (Å²) in [4.78, 5) is 18.1. The maximum Gasteiger partial charge on any atom is 0.391 e. The summed E-state index contributed by atoms with van der Waals surface area (Å²) in [6.07, 6.45) is 5.33. The molecule has 3 saturated heterocycles.